The molecule has 0 unspecified atom stereocenters. The molecule has 1 saturated heterocycles. The number of piperidine rings is 1. The first-order chi connectivity index (χ1) is 30.0. The van der Waals surface area contributed by atoms with E-state index in [-0.39, 0.29) is 35.3 Å². The van der Waals surface area contributed by atoms with E-state index in [4.69, 9.17) is 10.5 Å². The summed E-state index contributed by atoms with van der Waals surface area (Å²) in [5, 5.41) is 38.9. The molecular weight excluding hydrogens is 775 g/mol. The van der Waals surface area contributed by atoms with E-state index >= 15 is 0 Å². The summed E-state index contributed by atoms with van der Waals surface area (Å²) >= 11 is 0. The van der Waals surface area contributed by atoms with Crippen molar-refractivity contribution in [3.8, 4) is 23.3 Å². The van der Waals surface area contributed by atoms with Crippen LogP contribution in [0.2, 0.25) is 0 Å². The number of aliphatic hydroxyl groups is 2. The van der Waals surface area contributed by atoms with Crippen molar-refractivity contribution in [2.75, 3.05) is 12.8 Å². The summed E-state index contributed by atoms with van der Waals surface area (Å²) in [7, 11) is 1.52. The fourth-order valence-corrected chi connectivity index (χ4v) is 12.1. The number of phenolic OH excluding ortho intramolecular Hbond substituents is 1. The van der Waals surface area contributed by atoms with Crippen molar-refractivity contribution in [1.29, 1.82) is 0 Å². The van der Waals surface area contributed by atoms with Crippen LogP contribution in [0.25, 0.3) is 6.08 Å². The third-order valence-electron chi connectivity index (χ3n) is 15.7. The summed E-state index contributed by atoms with van der Waals surface area (Å²) in [5.74, 6) is 9.06. The molecule has 5 aliphatic rings. The number of carbonyl (C=O) groups excluding carboxylic acids is 2. The molecule has 6 N–H and O–H groups in total. The Balaban J connectivity index is 0.988. The van der Waals surface area contributed by atoms with Crippen LogP contribution >= 0.6 is 0 Å². The summed E-state index contributed by atoms with van der Waals surface area (Å²) in [4.78, 5) is 31.0. The van der Waals surface area contributed by atoms with Crippen LogP contribution < -0.4 is 15.8 Å². The first kappa shape index (κ1) is 44.1. The van der Waals surface area contributed by atoms with Gasteiger partial charge in [-0.15, -0.1) is 0 Å². The van der Waals surface area contributed by atoms with Gasteiger partial charge in [0.1, 0.15) is 17.0 Å². The molecule has 0 radical (unpaired) electrons. The number of carbonyl (C=O) groups is 2. The minimum atomic E-state index is -1.16. The number of aryl methyl sites for hydroxylation is 1. The van der Waals surface area contributed by atoms with Gasteiger partial charge in [0, 0.05) is 48.9 Å². The van der Waals surface area contributed by atoms with Crippen molar-refractivity contribution in [3.05, 3.63) is 89.1 Å². The number of benzene rings is 2. The Morgan fingerprint density at radius 1 is 0.984 bits per heavy atom. The highest BCUT2D eigenvalue weighted by atomic mass is 16.5. The number of Topliss-reactive ketones (excluding diaryl/α,β-unsaturated/α-hetero) is 2. The van der Waals surface area contributed by atoms with Crippen molar-refractivity contribution < 1.29 is 29.6 Å². The zero-order valence-corrected chi connectivity index (χ0v) is 36.6. The van der Waals surface area contributed by atoms with Crippen LogP contribution in [0, 0.1) is 35.0 Å². The largest absolute Gasteiger partial charge is 0.504 e. The maximum Gasteiger partial charge on any atom is 0.160 e. The summed E-state index contributed by atoms with van der Waals surface area (Å²) in [6, 6.07) is 17.7. The predicted octanol–water partition coefficient (Wildman–Crippen LogP) is 8.99. The molecule has 2 spiro atoms. The maximum atomic E-state index is 14.4. The van der Waals surface area contributed by atoms with E-state index in [1.807, 2.05) is 48.5 Å². The molecule has 4 aliphatic carbocycles. The number of nitrogens with zero attached hydrogens (tertiary/aromatic N) is 1. The second kappa shape index (κ2) is 19.5. The number of aliphatic hydroxyl groups excluding tert-OH is 2. The van der Waals surface area contributed by atoms with E-state index < -0.39 is 17.6 Å². The number of nitrogens with two attached hydrogens (primary N) is 1. The zero-order valence-electron chi connectivity index (χ0n) is 36.6. The molecule has 4 fully saturated rings. The van der Waals surface area contributed by atoms with Gasteiger partial charge in [0.25, 0.3) is 0 Å². The van der Waals surface area contributed by atoms with Crippen LogP contribution in [0.1, 0.15) is 150 Å². The van der Waals surface area contributed by atoms with Gasteiger partial charge < -0.3 is 31.1 Å². The number of nitrogens with one attached hydrogen (secondary N) is 1. The molecule has 0 amide bonds. The van der Waals surface area contributed by atoms with E-state index in [0.29, 0.717) is 92.5 Å². The summed E-state index contributed by atoms with van der Waals surface area (Å²) in [6.45, 7) is 0. The van der Waals surface area contributed by atoms with Crippen LogP contribution in [-0.4, -0.2) is 62.8 Å². The fraction of sp³-hybridized carbons (Fsp3) is 0.566. The van der Waals surface area contributed by atoms with E-state index in [9.17, 15) is 24.9 Å². The summed E-state index contributed by atoms with van der Waals surface area (Å²) in [5.41, 5.74) is 8.81. The molecule has 9 atom stereocenters. The number of ether oxygens (including phenoxy) is 1. The molecule has 2 heterocycles. The first-order valence-electron chi connectivity index (χ1n) is 23.6. The van der Waals surface area contributed by atoms with Crippen molar-refractivity contribution in [2.24, 2.45) is 23.2 Å². The number of phenols is 1. The van der Waals surface area contributed by atoms with Crippen LogP contribution in [-0.2, 0) is 16.0 Å². The normalized spacial score (nSPS) is 29.4. The lowest BCUT2D eigenvalue weighted by molar-refractivity contribution is -0.134. The molecule has 330 valence electrons. The lowest BCUT2D eigenvalue weighted by Crippen LogP contribution is -2.63. The molecule has 9 nitrogen and oxygen atoms in total. The van der Waals surface area contributed by atoms with Crippen LogP contribution in [0.3, 0.4) is 0 Å². The van der Waals surface area contributed by atoms with Gasteiger partial charge in [-0.2, -0.15) is 0 Å². The smallest absolute Gasteiger partial charge is 0.160 e. The van der Waals surface area contributed by atoms with E-state index in [2.05, 4.69) is 34.3 Å². The second-order valence-electron chi connectivity index (χ2n) is 19.5. The van der Waals surface area contributed by atoms with E-state index in [1.54, 1.807) is 12.3 Å². The van der Waals surface area contributed by atoms with Gasteiger partial charge in [-0.3, -0.25) is 9.59 Å². The Morgan fingerprint density at radius 2 is 1.81 bits per heavy atom. The molecule has 1 aliphatic heterocycles. The Kier molecular flexibility index (Phi) is 13.9. The van der Waals surface area contributed by atoms with Gasteiger partial charge in [-0.1, -0.05) is 80.0 Å². The van der Waals surface area contributed by atoms with Gasteiger partial charge in [0.2, 0.25) is 0 Å². The van der Waals surface area contributed by atoms with Crippen LogP contribution in [0.15, 0.2) is 66.9 Å². The van der Waals surface area contributed by atoms with E-state index in [0.717, 1.165) is 47.9 Å². The van der Waals surface area contributed by atoms with Gasteiger partial charge >= 0.3 is 0 Å². The molecule has 1 aromatic heterocycles. The van der Waals surface area contributed by atoms with E-state index in [1.165, 1.54) is 45.6 Å². The highest BCUT2D eigenvalue weighted by Gasteiger charge is 2.50. The third-order valence-corrected chi connectivity index (χ3v) is 15.7. The van der Waals surface area contributed by atoms with Crippen molar-refractivity contribution in [2.45, 2.75) is 158 Å². The zero-order chi connectivity index (χ0) is 43.3. The first-order valence-corrected chi connectivity index (χ1v) is 23.6. The topological polar surface area (TPSA) is 155 Å². The van der Waals surface area contributed by atoms with Crippen LogP contribution in [0.4, 0.5) is 5.82 Å². The number of hydrogen-bond acceptors (Lipinski definition) is 9. The van der Waals surface area contributed by atoms with Gasteiger partial charge in [0.15, 0.2) is 17.3 Å². The number of ketones is 2. The fourth-order valence-electron chi connectivity index (χ4n) is 12.1. The number of methoxy groups -OCH3 is 1. The number of aromatic nitrogens is 1. The molecule has 0 bridgehead atoms. The van der Waals surface area contributed by atoms with Crippen molar-refractivity contribution >= 4 is 23.5 Å². The lowest BCUT2D eigenvalue weighted by atomic mass is 9.60. The van der Waals surface area contributed by atoms with Crippen molar-refractivity contribution in [1.82, 2.24) is 10.3 Å². The van der Waals surface area contributed by atoms with Gasteiger partial charge in [-0.05, 0) is 141 Å². The SMILES string of the molecule is COc1cc2c(cc1O)[C@@H](CC[C@H](O)C[C@H](/C=C/c1ccccc1)c1ccnc(N)c1)C#C[C@@]1(CC[C@H](CC[C@@H]3C[C@@H]4CCC(=O)C[C@H]4NC34CCCCC4)C[C@H]1O)C(=O)CC2. The number of pyridine rings is 1. The minimum absolute atomic E-state index is 0.0106. The quantitative estimate of drug-likeness (QED) is 0.112. The number of fused-ring (bicyclic) bond motifs is 2. The number of aromatic hydroxyl groups is 1. The Morgan fingerprint density at radius 3 is 2.58 bits per heavy atom. The second-order valence-corrected chi connectivity index (χ2v) is 19.5. The van der Waals surface area contributed by atoms with Gasteiger partial charge in [0.05, 0.1) is 19.3 Å². The third kappa shape index (κ3) is 9.83. The predicted molar refractivity (Wildman–Crippen MR) is 243 cm³/mol. The molecular formula is C53H67N3O6. The average Bonchev–Trinajstić information content (AvgIpc) is 3.32. The molecule has 8 rings (SSSR count). The number of hydrogen-bond donors (Lipinski definition) is 5. The molecule has 2 aromatic carbocycles. The highest BCUT2D eigenvalue weighted by molar-refractivity contribution is 5.89. The Labute approximate surface area is 368 Å². The molecule has 3 saturated carbocycles. The number of nitrogen functional groups attached to an aromatic ring is 1. The number of allylic oxidation sites excluding steroid dienone is 1. The van der Waals surface area contributed by atoms with Gasteiger partial charge in [-0.25, -0.2) is 4.98 Å². The number of anilines is 1. The Bertz CT molecular complexity index is 2140. The molecule has 62 heavy (non-hydrogen) atoms. The van der Waals surface area contributed by atoms with Crippen LogP contribution in [0.5, 0.6) is 11.5 Å². The maximum absolute atomic E-state index is 14.4. The van der Waals surface area contributed by atoms with Crippen molar-refractivity contribution in [3.63, 3.8) is 0 Å². The number of rotatable bonds is 12. The summed E-state index contributed by atoms with van der Waals surface area (Å²) in [6.07, 6.45) is 20.1. The monoisotopic (exact) mass is 842 g/mol. The Hall–Kier alpha value is -4.49. The summed E-state index contributed by atoms with van der Waals surface area (Å²) < 4.78 is 5.51. The average molecular weight is 842 g/mol. The lowest BCUT2D eigenvalue weighted by Gasteiger charge is -2.54. The highest BCUT2D eigenvalue weighted by Crippen LogP contribution is 2.49. The minimum Gasteiger partial charge on any atom is -0.504 e. The molecule has 3 aromatic rings. The molecule has 9 heteroatoms. The standard InChI is InChI=1S/C53H67N3O6/c1-62-48-31-40-15-19-49(60)52(25-20-36(28-50(52)61)11-16-42-29-41-14-18-44(58)33-46(41)56-53(42)23-6-3-7-24-53)26-21-37(45(40)34-47(48)59)13-17-43(57)30-38(39-22-27-55-51(54)32-39)12-10-35-8-4-2-5-9-35/h2,4-5,8-10,12,22,27,31-32,34,36-38,41-43,46,50,56-57,59,61H,3,6-7,11,13-20,23-25,28-30,33H2,1H3,(H2,54,55)/b12-10+/t36-,37-,38-,41-,42+,43-,46+,50+,52-/m0/s1.